The van der Waals surface area contributed by atoms with Gasteiger partial charge in [-0.15, -0.1) is 0 Å². The van der Waals surface area contributed by atoms with Gasteiger partial charge in [-0.05, 0) is 31.4 Å². The van der Waals surface area contributed by atoms with Crippen molar-refractivity contribution in [1.82, 2.24) is 0 Å². The van der Waals surface area contributed by atoms with E-state index in [0.717, 1.165) is 25.5 Å². The summed E-state index contributed by atoms with van der Waals surface area (Å²) in [4.78, 5) is 0.545. The highest BCUT2D eigenvalue weighted by Gasteiger charge is 2.22. The van der Waals surface area contributed by atoms with Crippen molar-refractivity contribution >= 4 is 20.6 Å². The lowest BCUT2D eigenvalue weighted by Gasteiger charge is -2.22. The van der Waals surface area contributed by atoms with Gasteiger partial charge in [-0.25, -0.2) is 8.42 Å². The lowest BCUT2D eigenvalue weighted by atomic mass is 10.1. The zero-order valence-electron chi connectivity index (χ0n) is 10.9. The third-order valence-corrected chi connectivity index (χ3v) is 5.91. The molecule has 6 heteroatoms. The summed E-state index contributed by atoms with van der Waals surface area (Å²) in [6.07, 6.45) is 4.13. The Hall–Kier alpha value is -0.720. The molecule has 1 aliphatic rings. The number of benzene rings is 1. The maximum Gasteiger partial charge on any atom is 0.176 e. The fourth-order valence-electron chi connectivity index (χ4n) is 2.14. The molecule has 1 aromatic rings. The average Bonchev–Trinajstić information content (AvgIpc) is 2.39. The van der Waals surface area contributed by atoms with Crippen LogP contribution in [0.25, 0.3) is 0 Å². The van der Waals surface area contributed by atoms with E-state index in [4.69, 9.17) is 4.74 Å². The molecule has 1 saturated heterocycles. The van der Waals surface area contributed by atoms with Crippen LogP contribution in [0.1, 0.15) is 19.3 Å². The lowest BCUT2D eigenvalue weighted by molar-refractivity contribution is 0.0310. The van der Waals surface area contributed by atoms with Crippen molar-refractivity contribution in [2.24, 2.45) is 0 Å². The maximum absolute atomic E-state index is 12.3. The minimum atomic E-state index is -3.35. The molecular formula is C13H18O4S2. The second-order valence-electron chi connectivity index (χ2n) is 4.72. The minimum Gasteiger partial charge on any atom is -0.377 e. The van der Waals surface area contributed by atoms with Crippen LogP contribution in [-0.4, -0.2) is 37.3 Å². The summed E-state index contributed by atoms with van der Waals surface area (Å²) < 4.78 is 41.3. The van der Waals surface area contributed by atoms with Crippen LogP contribution in [-0.2, 0) is 25.4 Å². The van der Waals surface area contributed by atoms with Gasteiger partial charge in [0.25, 0.3) is 0 Å². The molecule has 0 saturated carbocycles. The molecule has 1 fully saturated rings. The van der Waals surface area contributed by atoms with Gasteiger partial charge in [-0.1, -0.05) is 12.1 Å². The van der Waals surface area contributed by atoms with Gasteiger partial charge in [-0.2, -0.15) is 0 Å². The van der Waals surface area contributed by atoms with Crippen molar-refractivity contribution in [3.63, 3.8) is 0 Å². The number of hydrogen-bond acceptors (Lipinski definition) is 4. The molecule has 0 radical (unpaired) electrons. The predicted molar refractivity (Wildman–Crippen MR) is 74.4 cm³/mol. The Morgan fingerprint density at radius 3 is 2.68 bits per heavy atom. The first kappa shape index (κ1) is 14.7. The maximum atomic E-state index is 12.3. The molecule has 19 heavy (non-hydrogen) atoms. The van der Waals surface area contributed by atoms with Crippen LogP contribution in [0.5, 0.6) is 0 Å². The van der Waals surface area contributed by atoms with E-state index in [2.05, 4.69) is 0 Å². The molecule has 0 aromatic heterocycles. The topological polar surface area (TPSA) is 60.4 Å². The van der Waals surface area contributed by atoms with E-state index >= 15 is 0 Å². The fourth-order valence-corrected chi connectivity index (χ4v) is 4.94. The first-order chi connectivity index (χ1) is 8.98. The molecule has 2 rings (SSSR count). The van der Waals surface area contributed by atoms with E-state index in [9.17, 15) is 12.6 Å². The Labute approximate surface area is 116 Å². The molecule has 0 N–H and O–H groups in total. The van der Waals surface area contributed by atoms with Gasteiger partial charge >= 0.3 is 0 Å². The monoisotopic (exact) mass is 302 g/mol. The van der Waals surface area contributed by atoms with Gasteiger partial charge in [-0.3, -0.25) is 4.21 Å². The summed E-state index contributed by atoms with van der Waals surface area (Å²) >= 11 is 0. The van der Waals surface area contributed by atoms with Crippen molar-refractivity contribution in [1.29, 1.82) is 0 Å². The Kier molecular flexibility index (Phi) is 4.76. The predicted octanol–water partition coefficient (Wildman–Crippen LogP) is 1.77. The molecule has 1 heterocycles. The third kappa shape index (κ3) is 3.87. The first-order valence-electron chi connectivity index (χ1n) is 6.27. The molecule has 1 aromatic carbocycles. The van der Waals surface area contributed by atoms with Crippen LogP contribution in [0.15, 0.2) is 34.1 Å². The molecule has 2 atom stereocenters. The SMILES string of the molecule is CS(=O)(=O)c1ccccc1[S@@](=O)C[C@@H]1CCCCO1. The van der Waals surface area contributed by atoms with Crippen molar-refractivity contribution < 1.29 is 17.4 Å². The minimum absolute atomic E-state index is 0.0257. The molecular weight excluding hydrogens is 284 g/mol. The molecule has 106 valence electrons. The normalized spacial score (nSPS) is 22.1. The number of hydrogen-bond donors (Lipinski definition) is 0. The lowest BCUT2D eigenvalue weighted by Crippen LogP contribution is -2.25. The molecule has 0 amide bonds. The molecule has 0 aliphatic carbocycles. The van der Waals surface area contributed by atoms with E-state index < -0.39 is 20.6 Å². The quantitative estimate of drug-likeness (QED) is 0.850. The molecule has 0 spiro atoms. The van der Waals surface area contributed by atoms with Gasteiger partial charge in [0.05, 0.1) is 32.4 Å². The van der Waals surface area contributed by atoms with Crippen LogP contribution in [0.3, 0.4) is 0 Å². The largest absolute Gasteiger partial charge is 0.377 e. The highest BCUT2D eigenvalue weighted by atomic mass is 32.2. The Bertz CT molecular complexity index is 560. The van der Waals surface area contributed by atoms with E-state index in [0.29, 0.717) is 17.3 Å². The van der Waals surface area contributed by atoms with E-state index in [-0.39, 0.29) is 11.0 Å². The summed E-state index contributed by atoms with van der Waals surface area (Å²) in [6.45, 7) is 0.704. The van der Waals surface area contributed by atoms with Gasteiger partial charge in [0.1, 0.15) is 0 Å². The zero-order chi connectivity index (χ0) is 13.9. The average molecular weight is 302 g/mol. The van der Waals surface area contributed by atoms with Crippen molar-refractivity contribution in [3.8, 4) is 0 Å². The fraction of sp³-hybridized carbons (Fsp3) is 0.538. The highest BCUT2D eigenvalue weighted by molar-refractivity contribution is 7.92. The third-order valence-electron chi connectivity index (χ3n) is 3.11. The van der Waals surface area contributed by atoms with E-state index in [1.54, 1.807) is 18.2 Å². The molecule has 1 aliphatic heterocycles. The second-order valence-corrected chi connectivity index (χ2v) is 8.17. The smallest absolute Gasteiger partial charge is 0.176 e. The first-order valence-corrected chi connectivity index (χ1v) is 9.48. The van der Waals surface area contributed by atoms with Gasteiger partial charge < -0.3 is 4.74 Å². The summed E-state index contributed by atoms with van der Waals surface area (Å²) in [5, 5.41) is 0. The van der Waals surface area contributed by atoms with Crippen LogP contribution in [0.2, 0.25) is 0 Å². The van der Waals surface area contributed by atoms with Crippen LogP contribution < -0.4 is 0 Å². The van der Waals surface area contributed by atoms with Gasteiger partial charge in [0.2, 0.25) is 0 Å². The zero-order valence-corrected chi connectivity index (χ0v) is 12.5. The second kappa shape index (κ2) is 6.15. The summed E-state index contributed by atoms with van der Waals surface area (Å²) in [5.41, 5.74) is 0. The van der Waals surface area contributed by atoms with Crippen molar-refractivity contribution in [3.05, 3.63) is 24.3 Å². The van der Waals surface area contributed by atoms with Crippen LogP contribution in [0.4, 0.5) is 0 Å². The van der Waals surface area contributed by atoms with E-state index in [1.807, 2.05) is 0 Å². The molecule has 0 unspecified atom stereocenters. The Balaban J connectivity index is 2.19. The highest BCUT2D eigenvalue weighted by Crippen LogP contribution is 2.22. The standard InChI is InChI=1S/C13H18O4S2/c1-19(15,16)13-8-3-2-7-12(13)18(14)10-11-6-4-5-9-17-11/h2-3,7-8,11H,4-6,9-10H2,1H3/t11-,18-/m0/s1. The van der Waals surface area contributed by atoms with Gasteiger partial charge in [0.15, 0.2) is 9.84 Å². The Morgan fingerprint density at radius 1 is 1.32 bits per heavy atom. The van der Waals surface area contributed by atoms with E-state index in [1.165, 1.54) is 6.07 Å². The Morgan fingerprint density at radius 2 is 2.05 bits per heavy atom. The van der Waals surface area contributed by atoms with Crippen LogP contribution in [0, 0.1) is 0 Å². The summed E-state index contributed by atoms with van der Waals surface area (Å²) in [7, 11) is -4.70. The number of sulfone groups is 1. The molecule has 0 bridgehead atoms. The summed E-state index contributed by atoms with van der Waals surface area (Å²) in [6, 6.07) is 6.48. The molecule has 4 nitrogen and oxygen atoms in total. The van der Waals surface area contributed by atoms with Crippen molar-refractivity contribution in [2.75, 3.05) is 18.6 Å². The number of ether oxygens (including phenoxy) is 1. The van der Waals surface area contributed by atoms with Crippen molar-refractivity contribution in [2.45, 2.75) is 35.2 Å². The van der Waals surface area contributed by atoms with Gasteiger partial charge in [0, 0.05) is 12.9 Å². The van der Waals surface area contributed by atoms with Crippen LogP contribution >= 0.6 is 0 Å². The summed E-state index contributed by atoms with van der Waals surface area (Å²) in [5.74, 6) is 0.368. The number of rotatable bonds is 4.